The maximum absolute atomic E-state index is 6.11. The van der Waals surface area contributed by atoms with Gasteiger partial charge in [0.2, 0.25) is 0 Å². The van der Waals surface area contributed by atoms with E-state index in [9.17, 15) is 0 Å². The first-order chi connectivity index (χ1) is 8.47. The van der Waals surface area contributed by atoms with Gasteiger partial charge in [-0.15, -0.1) is 0 Å². The molecular weight excluding hydrogens is 407 g/mol. The van der Waals surface area contributed by atoms with Crippen LogP contribution in [0, 0.1) is 3.57 Å². The summed E-state index contributed by atoms with van der Waals surface area (Å²) in [5, 5.41) is 4.29. The lowest BCUT2D eigenvalue weighted by Crippen LogP contribution is -1.99. The van der Waals surface area contributed by atoms with Crippen molar-refractivity contribution in [3.8, 4) is 0 Å². The summed E-state index contributed by atoms with van der Waals surface area (Å²) in [5.41, 5.74) is 6.33. The van der Waals surface area contributed by atoms with E-state index in [1.165, 1.54) is 6.07 Å². The first kappa shape index (κ1) is 14.0. The van der Waals surface area contributed by atoms with Crippen LogP contribution in [0.2, 0.25) is 15.1 Å². The SMILES string of the molecule is Nc1nc(Nc2ccc(I)cc2Cl)c(Cl)cc1Cl. The Balaban J connectivity index is 2.37. The van der Waals surface area contributed by atoms with Crippen LogP contribution >= 0.6 is 57.4 Å². The Morgan fingerprint density at radius 1 is 1.06 bits per heavy atom. The zero-order chi connectivity index (χ0) is 13.3. The summed E-state index contributed by atoms with van der Waals surface area (Å²) in [6.45, 7) is 0. The third kappa shape index (κ3) is 3.12. The van der Waals surface area contributed by atoms with E-state index < -0.39 is 0 Å². The van der Waals surface area contributed by atoms with Crippen LogP contribution in [0.4, 0.5) is 17.3 Å². The topological polar surface area (TPSA) is 50.9 Å². The lowest BCUT2D eigenvalue weighted by Gasteiger charge is -2.10. The Morgan fingerprint density at radius 2 is 1.78 bits per heavy atom. The van der Waals surface area contributed by atoms with E-state index in [2.05, 4.69) is 32.9 Å². The lowest BCUT2D eigenvalue weighted by atomic mass is 10.3. The number of nitrogens with one attached hydrogen (secondary N) is 1. The van der Waals surface area contributed by atoms with Gasteiger partial charge in [0.15, 0.2) is 5.82 Å². The molecule has 18 heavy (non-hydrogen) atoms. The molecule has 0 bridgehead atoms. The number of hydrogen-bond donors (Lipinski definition) is 2. The van der Waals surface area contributed by atoms with Crippen molar-refractivity contribution in [2.45, 2.75) is 0 Å². The van der Waals surface area contributed by atoms with Gasteiger partial charge < -0.3 is 11.1 Å². The first-order valence-electron chi connectivity index (χ1n) is 4.81. The van der Waals surface area contributed by atoms with Crippen molar-refractivity contribution in [1.29, 1.82) is 0 Å². The van der Waals surface area contributed by atoms with E-state index in [0.29, 0.717) is 26.6 Å². The molecule has 0 amide bonds. The fourth-order valence-electron chi connectivity index (χ4n) is 1.29. The fraction of sp³-hybridized carbons (Fsp3) is 0. The predicted octanol–water partition coefficient (Wildman–Crippen LogP) is 4.97. The molecule has 0 unspecified atom stereocenters. The second kappa shape index (κ2) is 5.69. The van der Waals surface area contributed by atoms with Crippen LogP contribution in [-0.4, -0.2) is 4.98 Å². The quantitative estimate of drug-likeness (QED) is 0.682. The van der Waals surface area contributed by atoms with Crippen molar-refractivity contribution in [2.24, 2.45) is 0 Å². The van der Waals surface area contributed by atoms with E-state index in [1.807, 2.05) is 18.2 Å². The van der Waals surface area contributed by atoms with Crippen LogP contribution in [0.1, 0.15) is 0 Å². The zero-order valence-electron chi connectivity index (χ0n) is 8.85. The van der Waals surface area contributed by atoms with Gasteiger partial charge in [0.05, 0.1) is 20.8 Å². The number of pyridine rings is 1. The molecule has 0 atom stereocenters. The number of nitrogens with zero attached hydrogens (tertiary/aromatic N) is 1. The predicted molar refractivity (Wildman–Crippen MR) is 86.1 cm³/mol. The fourth-order valence-corrected chi connectivity index (χ4v) is 2.60. The van der Waals surface area contributed by atoms with Crippen LogP contribution in [0.3, 0.4) is 0 Å². The summed E-state index contributed by atoms with van der Waals surface area (Å²) in [5.74, 6) is 0.631. The van der Waals surface area contributed by atoms with Gasteiger partial charge in [-0.3, -0.25) is 0 Å². The van der Waals surface area contributed by atoms with Crippen molar-refractivity contribution < 1.29 is 0 Å². The van der Waals surface area contributed by atoms with Crippen molar-refractivity contribution in [1.82, 2.24) is 4.98 Å². The molecule has 0 radical (unpaired) electrons. The summed E-state index contributed by atoms with van der Waals surface area (Å²) in [4.78, 5) is 4.07. The number of benzene rings is 1. The van der Waals surface area contributed by atoms with Gasteiger partial charge in [0.25, 0.3) is 0 Å². The van der Waals surface area contributed by atoms with E-state index in [1.54, 1.807) is 0 Å². The molecule has 1 aromatic heterocycles. The summed E-state index contributed by atoms with van der Waals surface area (Å²) >= 11 is 20.1. The molecule has 0 spiro atoms. The molecule has 1 heterocycles. The van der Waals surface area contributed by atoms with Crippen LogP contribution < -0.4 is 11.1 Å². The second-order valence-electron chi connectivity index (χ2n) is 3.44. The van der Waals surface area contributed by atoms with Crippen LogP contribution in [0.15, 0.2) is 24.3 Å². The highest BCUT2D eigenvalue weighted by Gasteiger charge is 2.09. The van der Waals surface area contributed by atoms with Gasteiger partial charge in [-0.1, -0.05) is 34.8 Å². The average Bonchev–Trinajstić information content (AvgIpc) is 2.29. The molecule has 0 aliphatic carbocycles. The van der Waals surface area contributed by atoms with Gasteiger partial charge in [-0.05, 0) is 46.9 Å². The Labute approximate surface area is 133 Å². The molecule has 0 aliphatic heterocycles. The minimum atomic E-state index is 0.213. The van der Waals surface area contributed by atoms with Gasteiger partial charge in [-0.2, -0.15) is 0 Å². The second-order valence-corrected chi connectivity index (χ2v) is 5.90. The van der Waals surface area contributed by atoms with E-state index in [-0.39, 0.29) is 5.82 Å². The monoisotopic (exact) mass is 413 g/mol. The Bertz CT molecular complexity index is 604. The van der Waals surface area contributed by atoms with E-state index >= 15 is 0 Å². The zero-order valence-corrected chi connectivity index (χ0v) is 13.3. The molecule has 2 aromatic rings. The van der Waals surface area contributed by atoms with Crippen LogP contribution in [0.25, 0.3) is 0 Å². The minimum absolute atomic E-state index is 0.213. The number of anilines is 3. The Morgan fingerprint density at radius 3 is 2.44 bits per heavy atom. The van der Waals surface area contributed by atoms with Crippen LogP contribution in [0.5, 0.6) is 0 Å². The van der Waals surface area contributed by atoms with Gasteiger partial charge in [0.1, 0.15) is 5.82 Å². The smallest absolute Gasteiger partial charge is 0.151 e. The maximum atomic E-state index is 6.11. The van der Waals surface area contributed by atoms with Crippen molar-refractivity contribution >= 4 is 74.7 Å². The molecule has 94 valence electrons. The largest absolute Gasteiger partial charge is 0.382 e. The third-order valence-electron chi connectivity index (χ3n) is 2.14. The Hall–Kier alpha value is -0.430. The normalized spacial score (nSPS) is 10.4. The molecule has 0 aliphatic rings. The summed E-state index contributed by atoms with van der Waals surface area (Å²) in [7, 11) is 0. The molecule has 3 nitrogen and oxygen atoms in total. The molecule has 0 saturated heterocycles. The highest BCUT2D eigenvalue weighted by Crippen LogP contribution is 2.32. The van der Waals surface area contributed by atoms with Crippen molar-refractivity contribution in [3.63, 3.8) is 0 Å². The lowest BCUT2D eigenvalue weighted by molar-refractivity contribution is 1.31. The molecule has 0 saturated carbocycles. The van der Waals surface area contributed by atoms with Gasteiger partial charge in [-0.25, -0.2) is 4.98 Å². The molecule has 3 N–H and O–H groups in total. The number of hydrogen-bond acceptors (Lipinski definition) is 3. The minimum Gasteiger partial charge on any atom is -0.382 e. The van der Waals surface area contributed by atoms with Gasteiger partial charge in [0, 0.05) is 3.57 Å². The molecule has 7 heteroatoms. The summed E-state index contributed by atoms with van der Waals surface area (Å²) in [6.07, 6.45) is 0. The highest BCUT2D eigenvalue weighted by atomic mass is 127. The summed E-state index contributed by atoms with van der Waals surface area (Å²) < 4.78 is 1.04. The maximum Gasteiger partial charge on any atom is 0.151 e. The van der Waals surface area contributed by atoms with Crippen LogP contribution in [-0.2, 0) is 0 Å². The number of nitrogens with two attached hydrogens (primary N) is 1. The number of nitrogen functional groups attached to an aromatic ring is 1. The number of halogens is 4. The van der Waals surface area contributed by atoms with Gasteiger partial charge >= 0.3 is 0 Å². The van der Waals surface area contributed by atoms with Crippen molar-refractivity contribution in [3.05, 3.63) is 42.9 Å². The molecule has 0 fully saturated rings. The van der Waals surface area contributed by atoms with E-state index in [0.717, 1.165) is 3.57 Å². The average molecular weight is 414 g/mol. The Kier molecular flexibility index (Phi) is 4.42. The highest BCUT2D eigenvalue weighted by molar-refractivity contribution is 14.1. The summed E-state index contributed by atoms with van der Waals surface area (Å²) in [6, 6.07) is 7.13. The third-order valence-corrected chi connectivity index (χ3v) is 3.72. The number of rotatable bonds is 2. The number of aromatic nitrogens is 1. The van der Waals surface area contributed by atoms with E-state index in [4.69, 9.17) is 40.5 Å². The first-order valence-corrected chi connectivity index (χ1v) is 7.02. The molecule has 1 aromatic carbocycles. The standard InChI is InChI=1S/C11H7Cl3IN3/c12-6-3-5(15)1-2-9(6)17-11-8(14)4-7(13)10(16)18-11/h1-4H,(H3,16,17,18). The molecule has 2 rings (SSSR count). The van der Waals surface area contributed by atoms with Crippen molar-refractivity contribution in [2.75, 3.05) is 11.1 Å². The molecular formula is C11H7Cl3IN3.